The third-order valence-corrected chi connectivity index (χ3v) is 6.59. The molecule has 0 radical (unpaired) electrons. The Kier molecular flexibility index (Phi) is 7.24. The molecule has 0 aromatic heterocycles. The van der Waals surface area contributed by atoms with Gasteiger partial charge in [0.25, 0.3) is 5.91 Å². The number of rotatable bonds is 6. The maximum atomic E-state index is 14.4. The smallest absolute Gasteiger partial charge is 0.322 e. The number of anilines is 2. The number of benzene rings is 2. The fourth-order valence-corrected chi connectivity index (χ4v) is 4.81. The van der Waals surface area contributed by atoms with E-state index in [2.05, 4.69) is 15.1 Å². The lowest BCUT2D eigenvalue weighted by molar-refractivity contribution is -0.199. The van der Waals surface area contributed by atoms with Crippen LogP contribution in [0.4, 0.5) is 11.4 Å². The molecule has 2 aromatic carbocycles. The van der Waals surface area contributed by atoms with Crippen LogP contribution in [0.5, 0.6) is 0 Å². The van der Waals surface area contributed by atoms with Gasteiger partial charge in [-0.3, -0.25) is 9.59 Å². The molecule has 2 aromatic rings. The molecule has 0 unspecified atom stereocenters. The predicted molar refractivity (Wildman–Crippen MR) is 140 cm³/mol. The predicted octanol–water partition coefficient (Wildman–Crippen LogP) is 2.76. The molecule has 3 heterocycles. The average molecular weight is 489 g/mol. The molecule has 10 nitrogen and oxygen atoms in total. The summed E-state index contributed by atoms with van der Waals surface area (Å²) in [7, 11) is 0. The van der Waals surface area contributed by atoms with E-state index in [1.54, 1.807) is 17.3 Å². The highest BCUT2D eigenvalue weighted by Crippen LogP contribution is 2.26. The van der Waals surface area contributed by atoms with Gasteiger partial charge in [0, 0.05) is 26.2 Å². The number of para-hydroxylation sites is 2. The van der Waals surface area contributed by atoms with E-state index < -0.39 is 5.91 Å². The third kappa shape index (κ3) is 4.95. The number of carbonyl (C=O) groups is 2. The highest BCUT2D eigenvalue weighted by molar-refractivity contribution is 6.48. The largest absolute Gasteiger partial charge is 0.363 e. The minimum atomic E-state index is -0.737. The van der Waals surface area contributed by atoms with Gasteiger partial charge in [0.05, 0.1) is 11.4 Å². The number of piperidine rings is 2. The summed E-state index contributed by atoms with van der Waals surface area (Å²) in [4.78, 5) is 26.9. The molecule has 3 aliphatic rings. The lowest BCUT2D eigenvalue weighted by Crippen LogP contribution is -2.62. The van der Waals surface area contributed by atoms with Crippen LogP contribution >= 0.6 is 0 Å². The second-order valence-electron chi connectivity index (χ2n) is 9.13. The Balaban J connectivity index is 1.60. The van der Waals surface area contributed by atoms with Gasteiger partial charge in [-0.25, -0.2) is 20.0 Å². The van der Waals surface area contributed by atoms with Crippen molar-refractivity contribution in [2.75, 3.05) is 36.2 Å². The van der Waals surface area contributed by atoms with Crippen LogP contribution in [0.3, 0.4) is 0 Å². The molecule has 0 aliphatic carbocycles. The number of nitrogens with two attached hydrogens (primary N) is 1. The van der Waals surface area contributed by atoms with Gasteiger partial charge in [0.1, 0.15) is 0 Å². The number of hydrogen-bond donors (Lipinski definition) is 1. The molecule has 0 spiro atoms. The van der Waals surface area contributed by atoms with E-state index in [9.17, 15) is 9.59 Å². The van der Waals surface area contributed by atoms with Crippen molar-refractivity contribution in [1.29, 1.82) is 0 Å². The molecular weight excluding hydrogens is 456 g/mol. The van der Waals surface area contributed by atoms with E-state index in [-0.39, 0.29) is 17.6 Å². The summed E-state index contributed by atoms with van der Waals surface area (Å²) < 4.78 is 0. The molecule has 2 N–H and O–H groups in total. The molecular formula is C26H32N8O2. The molecule has 0 bridgehead atoms. The van der Waals surface area contributed by atoms with E-state index in [1.807, 2.05) is 48.5 Å². The number of carbonyl (C=O) groups excluding carboxylic acids is 2. The van der Waals surface area contributed by atoms with Crippen molar-refractivity contribution in [2.45, 2.75) is 38.5 Å². The Hall–Kier alpha value is -3.76. The summed E-state index contributed by atoms with van der Waals surface area (Å²) >= 11 is 0. The van der Waals surface area contributed by atoms with Crippen LogP contribution < -0.4 is 15.8 Å². The Morgan fingerprint density at radius 1 is 0.639 bits per heavy atom. The molecule has 10 heteroatoms. The van der Waals surface area contributed by atoms with Crippen molar-refractivity contribution in [3.05, 3.63) is 60.7 Å². The molecule has 2 saturated heterocycles. The second kappa shape index (κ2) is 10.9. The van der Waals surface area contributed by atoms with Gasteiger partial charge in [-0.1, -0.05) is 49.2 Å². The number of amides is 2. The number of primary amides is 1. The summed E-state index contributed by atoms with van der Waals surface area (Å²) in [6.07, 6.45) is 6.45. The molecule has 188 valence electrons. The normalized spacial score (nSPS) is 19.4. The van der Waals surface area contributed by atoms with Crippen LogP contribution in [-0.2, 0) is 9.59 Å². The summed E-state index contributed by atoms with van der Waals surface area (Å²) in [5.74, 6) is -0.981. The summed E-state index contributed by atoms with van der Waals surface area (Å²) in [5, 5.41) is 18.1. The number of hydrazone groups is 2. The first-order valence-corrected chi connectivity index (χ1v) is 12.6. The fraction of sp³-hybridized carbons (Fsp3) is 0.385. The van der Waals surface area contributed by atoms with Crippen molar-refractivity contribution in [1.82, 2.24) is 15.1 Å². The standard InChI is InChI=1S/C26H32N8O2/c27-23(35)24-28-33(22-15-7-2-8-16-22)25(29-32(24)21-13-5-1-6-14-21)26(36)34(30-17-9-3-10-18-30)31-19-11-4-12-20-31/h1-2,5-8,13-16H,3-4,9-12,17-20H2,(H2,27,35). The van der Waals surface area contributed by atoms with Crippen LogP contribution in [0.1, 0.15) is 38.5 Å². The topological polar surface area (TPSA) is 101 Å². The highest BCUT2D eigenvalue weighted by atomic mass is 16.2. The van der Waals surface area contributed by atoms with Gasteiger partial charge in [-0.15, -0.1) is 10.2 Å². The minimum Gasteiger partial charge on any atom is -0.363 e. The average Bonchev–Trinajstić information content (AvgIpc) is 2.94. The van der Waals surface area contributed by atoms with Gasteiger partial charge in [0.15, 0.2) is 0 Å². The zero-order valence-electron chi connectivity index (χ0n) is 20.4. The van der Waals surface area contributed by atoms with E-state index >= 15 is 0 Å². The minimum absolute atomic E-state index is 0.0656. The second-order valence-corrected chi connectivity index (χ2v) is 9.13. The summed E-state index contributed by atoms with van der Waals surface area (Å²) in [6.45, 7) is 3.22. The van der Waals surface area contributed by atoms with Crippen molar-refractivity contribution in [3.63, 3.8) is 0 Å². The van der Waals surface area contributed by atoms with E-state index in [1.165, 1.54) is 10.0 Å². The van der Waals surface area contributed by atoms with Gasteiger partial charge in [-0.2, -0.15) is 5.12 Å². The van der Waals surface area contributed by atoms with Crippen molar-refractivity contribution in [2.24, 2.45) is 15.9 Å². The molecule has 0 atom stereocenters. The van der Waals surface area contributed by atoms with Gasteiger partial charge in [0.2, 0.25) is 11.7 Å². The molecule has 3 aliphatic heterocycles. The van der Waals surface area contributed by atoms with Crippen molar-refractivity contribution < 1.29 is 9.59 Å². The zero-order valence-corrected chi connectivity index (χ0v) is 20.4. The highest BCUT2D eigenvalue weighted by Gasteiger charge is 2.39. The van der Waals surface area contributed by atoms with Crippen molar-refractivity contribution in [3.8, 4) is 0 Å². The maximum Gasteiger partial charge on any atom is 0.322 e. The van der Waals surface area contributed by atoms with E-state index in [0.717, 1.165) is 64.7 Å². The first-order valence-electron chi connectivity index (χ1n) is 12.6. The first kappa shape index (κ1) is 24.0. The quantitative estimate of drug-likeness (QED) is 0.671. The summed E-state index contributed by atoms with van der Waals surface area (Å²) in [5.41, 5.74) is 6.94. The number of hydrogen-bond acceptors (Lipinski definition) is 8. The van der Waals surface area contributed by atoms with Crippen LogP contribution in [0.2, 0.25) is 0 Å². The molecule has 2 fully saturated rings. The monoisotopic (exact) mass is 488 g/mol. The van der Waals surface area contributed by atoms with Crippen LogP contribution in [0.15, 0.2) is 70.9 Å². The number of amidine groups is 2. The molecule has 0 saturated carbocycles. The fourth-order valence-electron chi connectivity index (χ4n) is 4.81. The molecule has 5 rings (SSSR count). The third-order valence-electron chi connectivity index (χ3n) is 6.59. The zero-order chi connectivity index (χ0) is 24.9. The van der Waals surface area contributed by atoms with Crippen LogP contribution in [0, 0.1) is 0 Å². The number of hydrazine groups is 2. The van der Waals surface area contributed by atoms with Gasteiger partial charge >= 0.3 is 5.91 Å². The SMILES string of the molecule is NC(=O)C1=NN(c2ccccc2)C(C(=O)N(N2CCCCC2)N2CCCCC2)=NN1c1ccccc1. The summed E-state index contributed by atoms with van der Waals surface area (Å²) in [6, 6.07) is 18.4. The Bertz CT molecular complexity index is 1110. The van der Waals surface area contributed by atoms with Crippen LogP contribution in [-0.4, -0.2) is 64.8 Å². The van der Waals surface area contributed by atoms with E-state index in [4.69, 9.17) is 10.8 Å². The molecule has 36 heavy (non-hydrogen) atoms. The Labute approximate surface area is 211 Å². The van der Waals surface area contributed by atoms with Crippen LogP contribution in [0.25, 0.3) is 0 Å². The maximum absolute atomic E-state index is 14.4. The molecule has 2 amide bonds. The first-order chi connectivity index (χ1) is 17.6. The van der Waals surface area contributed by atoms with E-state index in [0.29, 0.717) is 11.4 Å². The lowest BCUT2D eigenvalue weighted by Gasteiger charge is -2.45. The number of nitrogens with zero attached hydrogens (tertiary/aromatic N) is 7. The van der Waals surface area contributed by atoms with Gasteiger partial charge in [-0.05, 0) is 49.9 Å². The Morgan fingerprint density at radius 3 is 1.50 bits per heavy atom. The van der Waals surface area contributed by atoms with Gasteiger partial charge < -0.3 is 5.73 Å². The lowest BCUT2D eigenvalue weighted by atomic mass is 10.1. The Morgan fingerprint density at radius 2 is 1.06 bits per heavy atom. The van der Waals surface area contributed by atoms with Crippen molar-refractivity contribution >= 4 is 34.9 Å².